The lowest BCUT2D eigenvalue weighted by Gasteiger charge is -2.39. The predicted molar refractivity (Wildman–Crippen MR) is 142 cm³/mol. The van der Waals surface area contributed by atoms with Crippen LogP contribution in [0.3, 0.4) is 0 Å². The van der Waals surface area contributed by atoms with E-state index in [9.17, 15) is 13.2 Å². The Kier molecular flexibility index (Phi) is 6.49. The summed E-state index contributed by atoms with van der Waals surface area (Å²) in [5.41, 5.74) is 3.73. The number of fused-ring (bicyclic) bond motifs is 1. The number of hydrogen-bond donors (Lipinski definition) is 0. The number of pyridine rings is 1. The molecule has 4 heterocycles. The molecule has 0 unspecified atom stereocenters. The molecule has 0 saturated heterocycles. The van der Waals surface area contributed by atoms with E-state index in [0.717, 1.165) is 47.4 Å². The smallest absolute Gasteiger partial charge is 0.352 e. The van der Waals surface area contributed by atoms with Crippen LogP contribution >= 0.6 is 0 Å². The van der Waals surface area contributed by atoms with E-state index in [2.05, 4.69) is 42.6 Å². The zero-order valence-electron chi connectivity index (χ0n) is 22.2. The molecule has 0 amide bonds. The Morgan fingerprint density at radius 3 is 2.42 bits per heavy atom. The van der Waals surface area contributed by atoms with Crippen LogP contribution in [0.2, 0.25) is 0 Å². The number of rotatable bonds is 5. The van der Waals surface area contributed by atoms with E-state index in [1.165, 1.54) is 4.57 Å². The fourth-order valence-electron chi connectivity index (χ4n) is 4.95. The summed E-state index contributed by atoms with van der Waals surface area (Å²) in [7, 11) is 1.57. The van der Waals surface area contributed by atoms with E-state index >= 15 is 0 Å². The summed E-state index contributed by atoms with van der Waals surface area (Å²) < 4.78 is 40.7. The summed E-state index contributed by atoms with van der Waals surface area (Å²) in [6, 6.07) is 11.5. The molecule has 38 heavy (non-hydrogen) atoms. The van der Waals surface area contributed by atoms with Crippen LogP contribution in [0.5, 0.6) is 0 Å². The number of benzene rings is 1. The minimum Gasteiger partial charge on any atom is -0.352 e. The summed E-state index contributed by atoms with van der Waals surface area (Å²) in [6.45, 7) is 10.1. The molecule has 1 aliphatic rings. The second kappa shape index (κ2) is 9.53. The zero-order valence-corrected chi connectivity index (χ0v) is 22.2. The molecule has 6 nitrogen and oxygen atoms in total. The van der Waals surface area contributed by atoms with Gasteiger partial charge in [-0.05, 0) is 35.4 Å². The first-order valence-electron chi connectivity index (χ1n) is 12.7. The summed E-state index contributed by atoms with van der Waals surface area (Å²) in [5.74, 6) is 2.09. The van der Waals surface area contributed by atoms with Gasteiger partial charge in [0.15, 0.2) is 11.5 Å². The average Bonchev–Trinajstić information content (AvgIpc) is 3.28. The topological polar surface area (TPSA) is 59.7 Å². The Balaban J connectivity index is 1.46. The Bertz CT molecular complexity index is 1450. The molecule has 0 saturated carbocycles. The van der Waals surface area contributed by atoms with Crippen LogP contribution in [0.15, 0.2) is 55.0 Å². The largest absolute Gasteiger partial charge is 0.434 e. The molecule has 0 N–H and O–H groups in total. The highest BCUT2D eigenvalue weighted by molar-refractivity contribution is 5.64. The van der Waals surface area contributed by atoms with Crippen molar-refractivity contribution in [1.82, 2.24) is 24.5 Å². The van der Waals surface area contributed by atoms with E-state index in [-0.39, 0.29) is 17.2 Å². The number of aromatic nitrogens is 5. The van der Waals surface area contributed by atoms with Crippen LogP contribution in [0.4, 0.5) is 19.0 Å². The van der Waals surface area contributed by atoms with Gasteiger partial charge in [0.2, 0.25) is 0 Å². The van der Waals surface area contributed by atoms with Crippen LogP contribution in [-0.2, 0) is 25.2 Å². The molecule has 0 bridgehead atoms. The van der Waals surface area contributed by atoms with E-state index < -0.39 is 11.9 Å². The van der Waals surface area contributed by atoms with Crippen LogP contribution in [0.25, 0.3) is 22.8 Å². The van der Waals surface area contributed by atoms with Gasteiger partial charge in [0.25, 0.3) is 0 Å². The van der Waals surface area contributed by atoms with Crippen molar-refractivity contribution in [2.45, 2.75) is 58.2 Å². The molecule has 1 aliphatic heterocycles. The summed E-state index contributed by atoms with van der Waals surface area (Å²) in [4.78, 5) is 20.4. The monoisotopic (exact) mass is 520 g/mol. The SMILES string of the molecule is CC(C)c1ncccc1-c1ncc2c(n1)N(Cc1ccc(-c3nc(C(F)(F)F)cn3C)cc1)CCC2(C)C. The highest BCUT2D eigenvalue weighted by Gasteiger charge is 2.35. The standard InChI is InChI=1S/C29H31F3N6/c1-18(2)24-21(7-6-13-33-24)25-34-15-22-27(36-25)38(14-12-28(22,3)4)16-19-8-10-20(11-9-19)26-35-23(17-37(26)5)29(30,31)32/h6-11,13,15,17-18H,12,14,16H2,1-5H3. The maximum Gasteiger partial charge on any atom is 0.434 e. The van der Waals surface area contributed by atoms with Crippen molar-refractivity contribution in [3.8, 4) is 22.8 Å². The molecule has 0 aliphatic carbocycles. The normalized spacial score (nSPS) is 15.1. The van der Waals surface area contributed by atoms with Gasteiger partial charge in [-0.2, -0.15) is 13.2 Å². The molecule has 0 spiro atoms. The first kappa shape index (κ1) is 25.9. The van der Waals surface area contributed by atoms with E-state index in [4.69, 9.17) is 9.97 Å². The van der Waals surface area contributed by atoms with Crippen molar-refractivity contribution in [3.05, 3.63) is 77.5 Å². The van der Waals surface area contributed by atoms with E-state index in [0.29, 0.717) is 17.9 Å². The van der Waals surface area contributed by atoms with Crippen LogP contribution in [0.1, 0.15) is 62.5 Å². The van der Waals surface area contributed by atoms with Gasteiger partial charge in [-0.15, -0.1) is 0 Å². The van der Waals surface area contributed by atoms with Gasteiger partial charge >= 0.3 is 6.18 Å². The second-order valence-electron chi connectivity index (χ2n) is 10.8. The highest BCUT2D eigenvalue weighted by atomic mass is 19.4. The summed E-state index contributed by atoms with van der Waals surface area (Å²) in [6.07, 6.45) is 1.24. The lowest BCUT2D eigenvalue weighted by Crippen LogP contribution is -2.38. The lowest BCUT2D eigenvalue weighted by molar-refractivity contribution is -0.140. The zero-order chi connectivity index (χ0) is 27.2. The molecule has 5 rings (SSSR count). The Labute approximate surface area is 220 Å². The minimum atomic E-state index is -4.47. The minimum absolute atomic E-state index is 0.0571. The number of hydrogen-bond acceptors (Lipinski definition) is 5. The van der Waals surface area contributed by atoms with E-state index in [1.807, 2.05) is 42.6 Å². The number of anilines is 1. The van der Waals surface area contributed by atoms with Crippen molar-refractivity contribution in [1.29, 1.82) is 0 Å². The first-order chi connectivity index (χ1) is 17.9. The molecule has 1 aromatic carbocycles. The van der Waals surface area contributed by atoms with Crippen molar-refractivity contribution >= 4 is 5.82 Å². The number of halogens is 3. The fraction of sp³-hybridized carbons (Fsp3) is 0.379. The van der Waals surface area contributed by atoms with Crippen LogP contribution in [-0.4, -0.2) is 31.0 Å². The lowest BCUT2D eigenvalue weighted by atomic mass is 9.79. The molecule has 0 radical (unpaired) electrons. The number of alkyl halides is 3. The number of nitrogens with zero attached hydrogens (tertiary/aromatic N) is 6. The van der Waals surface area contributed by atoms with Gasteiger partial charge < -0.3 is 9.47 Å². The van der Waals surface area contributed by atoms with E-state index in [1.54, 1.807) is 13.2 Å². The molecule has 3 aromatic heterocycles. The van der Waals surface area contributed by atoms with Crippen molar-refractivity contribution < 1.29 is 13.2 Å². The first-order valence-corrected chi connectivity index (χ1v) is 12.7. The molecule has 9 heteroatoms. The average molecular weight is 521 g/mol. The van der Waals surface area contributed by atoms with Gasteiger partial charge in [0.05, 0.1) is 5.69 Å². The molecule has 0 atom stereocenters. The third kappa shape index (κ3) is 4.89. The maximum atomic E-state index is 13.1. The summed E-state index contributed by atoms with van der Waals surface area (Å²) in [5, 5.41) is 0. The maximum absolute atomic E-state index is 13.1. The third-order valence-electron chi connectivity index (χ3n) is 7.18. The molecular formula is C29H31F3N6. The quantitative estimate of drug-likeness (QED) is 0.291. The molecular weight excluding hydrogens is 489 g/mol. The van der Waals surface area contributed by atoms with Gasteiger partial charge in [-0.1, -0.05) is 52.0 Å². The van der Waals surface area contributed by atoms with Crippen LogP contribution in [0, 0.1) is 0 Å². The Morgan fingerprint density at radius 2 is 1.76 bits per heavy atom. The fourth-order valence-corrected chi connectivity index (χ4v) is 4.95. The van der Waals surface area contributed by atoms with Crippen molar-refractivity contribution in [2.75, 3.05) is 11.4 Å². The third-order valence-corrected chi connectivity index (χ3v) is 7.18. The van der Waals surface area contributed by atoms with Crippen LogP contribution < -0.4 is 4.90 Å². The van der Waals surface area contributed by atoms with Crippen molar-refractivity contribution in [2.24, 2.45) is 7.05 Å². The molecule has 198 valence electrons. The molecule has 4 aromatic rings. The van der Waals surface area contributed by atoms with Gasteiger partial charge in [-0.3, -0.25) is 4.98 Å². The van der Waals surface area contributed by atoms with Gasteiger partial charge in [0, 0.05) is 55.4 Å². The Morgan fingerprint density at radius 1 is 1.03 bits per heavy atom. The van der Waals surface area contributed by atoms with Crippen molar-refractivity contribution in [3.63, 3.8) is 0 Å². The number of aryl methyl sites for hydroxylation is 1. The molecule has 0 fully saturated rings. The van der Waals surface area contributed by atoms with Gasteiger partial charge in [-0.25, -0.2) is 15.0 Å². The predicted octanol–water partition coefficient (Wildman–Crippen LogP) is 6.77. The summed E-state index contributed by atoms with van der Waals surface area (Å²) >= 11 is 0. The van der Waals surface area contributed by atoms with Gasteiger partial charge in [0.1, 0.15) is 11.6 Å². The Hall–Kier alpha value is -3.75. The number of imidazole rings is 1. The second-order valence-corrected chi connectivity index (χ2v) is 10.8. The highest BCUT2D eigenvalue weighted by Crippen LogP contribution is 2.40.